The maximum absolute atomic E-state index is 12.2. The number of amides is 2. The van der Waals surface area contributed by atoms with E-state index >= 15 is 0 Å². The molecule has 0 aliphatic heterocycles. The lowest BCUT2D eigenvalue weighted by molar-refractivity contribution is -0.144. The quantitative estimate of drug-likeness (QED) is 0.388. The third-order valence-electron chi connectivity index (χ3n) is 3.90. The Morgan fingerprint density at radius 3 is 2.24 bits per heavy atom. The van der Waals surface area contributed by atoms with Crippen molar-refractivity contribution in [1.29, 1.82) is 0 Å². The molecule has 1 rings (SSSR count). The van der Waals surface area contributed by atoms with Crippen LogP contribution >= 0.6 is 11.8 Å². The van der Waals surface area contributed by atoms with Crippen LogP contribution in [0.4, 0.5) is 10.5 Å². The molecule has 2 amide bonds. The monoisotopic (exact) mass is 430 g/mol. The highest BCUT2D eigenvalue weighted by atomic mass is 32.2. The number of methoxy groups -OCH3 is 3. The van der Waals surface area contributed by atoms with Crippen LogP contribution in [0.5, 0.6) is 0 Å². The molecule has 2 N–H and O–H groups in total. The van der Waals surface area contributed by atoms with Gasteiger partial charge in [0, 0.05) is 6.20 Å². The van der Waals surface area contributed by atoms with Crippen LogP contribution < -0.4 is 10.6 Å². The van der Waals surface area contributed by atoms with Crippen molar-refractivity contribution in [2.75, 3.05) is 38.7 Å². The van der Waals surface area contributed by atoms with Gasteiger partial charge in [-0.2, -0.15) is 16.9 Å². The van der Waals surface area contributed by atoms with Crippen LogP contribution in [0.2, 0.25) is 0 Å². The fourth-order valence-corrected chi connectivity index (χ4v) is 2.84. The molecule has 0 spiro atoms. The van der Waals surface area contributed by atoms with Gasteiger partial charge in [0.2, 0.25) is 0 Å². The summed E-state index contributed by atoms with van der Waals surface area (Å²) in [6.07, 6.45) is 4.93. The van der Waals surface area contributed by atoms with Gasteiger partial charge in [0.1, 0.15) is 6.04 Å². The maximum Gasteiger partial charge on any atom is 0.328 e. The summed E-state index contributed by atoms with van der Waals surface area (Å²) in [4.78, 5) is 47.2. The highest BCUT2D eigenvalue weighted by Crippen LogP contribution is 2.19. The predicted octanol–water partition coefficient (Wildman–Crippen LogP) is 0.967. The minimum atomic E-state index is -0.783. The summed E-state index contributed by atoms with van der Waals surface area (Å²) < 4.78 is 15.3. The smallest absolute Gasteiger partial charge is 0.328 e. The fraction of sp³-hybridized carbons (Fsp3) is 0.588. The molecular weight excluding hydrogens is 404 g/mol. The zero-order valence-corrected chi connectivity index (χ0v) is 17.6. The summed E-state index contributed by atoms with van der Waals surface area (Å²) in [5.74, 6) is -0.908. The molecule has 0 saturated carbocycles. The van der Waals surface area contributed by atoms with Crippen molar-refractivity contribution >= 4 is 41.4 Å². The van der Waals surface area contributed by atoms with Gasteiger partial charge in [-0.05, 0) is 18.4 Å². The molecule has 1 heterocycles. The number of esters is 3. The summed E-state index contributed by atoms with van der Waals surface area (Å²) in [6.45, 7) is 0. The number of nitrogens with one attached hydrogen (secondary N) is 2. The number of thioether (sulfide) groups is 1. The third-order valence-corrected chi connectivity index (χ3v) is 4.54. The number of carbonyl (C=O) groups excluding carboxylic acids is 4. The van der Waals surface area contributed by atoms with Crippen LogP contribution in [-0.4, -0.2) is 73.1 Å². The molecule has 11 nitrogen and oxygen atoms in total. The molecule has 1 atom stereocenters. The Hall–Kier alpha value is -2.76. The molecule has 1 unspecified atom stereocenters. The first-order chi connectivity index (χ1) is 13.8. The van der Waals surface area contributed by atoms with Gasteiger partial charge in [0.05, 0.1) is 52.1 Å². The van der Waals surface area contributed by atoms with Gasteiger partial charge >= 0.3 is 23.9 Å². The average molecular weight is 430 g/mol. The van der Waals surface area contributed by atoms with Gasteiger partial charge < -0.3 is 24.8 Å². The fourth-order valence-electron chi connectivity index (χ4n) is 2.37. The number of aromatic nitrogens is 2. The van der Waals surface area contributed by atoms with Crippen LogP contribution in [0.25, 0.3) is 0 Å². The van der Waals surface area contributed by atoms with E-state index in [4.69, 9.17) is 4.74 Å². The number of anilines is 1. The zero-order chi connectivity index (χ0) is 21.8. The number of hydrogen-bond donors (Lipinski definition) is 2. The van der Waals surface area contributed by atoms with Gasteiger partial charge in [-0.25, -0.2) is 9.59 Å². The molecule has 12 heteroatoms. The molecule has 0 saturated heterocycles. The molecule has 162 valence electrons. The highest BCUT2D eigenvalue weighted by molar-refractivity contribution is 7.98. The number of urea groups is 1. The Morgan fingerprint density at radius 2 is 1.72 bits per heavy atom. The summed E-state index contributed by atoms with van der Waals surface area (Å²) in [5.41, 5.74) is 0.315. The number of carbonyl (C=O) groups is 4. The Morgan fingerprint density at radius 1 is 1.10 bits per heavy atom. The number of ether oxygens (including phenoxy) is 3. The van der Waals surface area contributed by atoms with E-state index in [9.17, 15) is 19.2 Å². The van der Waals surface area contributed by atoms with Crippen LogP contribution in [0.3, 0.4) is 0 Å². The summed E-state index contributed by atoms with van der Waals surface area (Å²) in [7, 11) is 3.74. The molecule has 1 aromatic heterocycles. The molecule has 0 fully saturated rings. The molecular formula is C17H26N4O7S. The van der Waals surface area contributed by atoms with Crippen LogP contribution in [0.15, 0.2) is 12.4 Å². The van der Waals surface area contributed by atoms with E-state index in [1.807, 2.05) is 6.26 Å². The molecule has 0 bridgehead atoms. The van der Waals surface area contributed by atoms with Crippen LogP contribution in [0.1, 0.15) is 25.3 Å². The van der Waals surface area contributed by atoms with Crippen LogP contribution in [0, 0.1) is 0 Å². The van der Waals surface area contributed by atoms with Crippen LogP contribution in [-0.2, 0) is 28.6 Å². The van der Waals surface area contributed by atoms with E-state index < -0.39 is 36.0 Å². The Kier molecular flexibility index (Phi) is 10.6. The van der Waals surface area contributed by atoms with Crippen molar-refractivity contribution in [2.45, 2.75) is 31.3 Å². The molecule has 1 aromatic rings. The first-order valence-corrected chi connectivity index (χ1v) is 10.1. The minimum absolute atomic E-state index is 0.0992. The number of rotatable bonds is 11. The average Bonchev–Trinajstić information content (AvgIpc) is 3.17. The second-order valence-corrected chi connectivity index (χ2v) is 6.86. The summed E-state index contributed by atoms with van der Waals surface area (Å²) in [5, 5.41) is 9.19. The largest absolute Gasteiger partial charge is 0.469 e. The topological polar surface area (TPSA) is 138 Å². The Bertz CT molecular complexity index is 692. The standard InChI is InChI=1S/C17H26N4O7S/c1-26-14(22)7-12(8-15(23)27-2)21-10-11(9-18-21)19-17(25)20-13(5-6-29-4)16(24)28-3/h9-10,12-13H,5-8H2,1-4H3,(H2,19,20,25). The zero-order valence-electron chi connectivity index (χ0n) is 16.8. The van der Waals surface area contributed by atoms with E-state index in [-0.39, 0.29) is 12.8 Å². The van der Waals surface area contributed by atoms with Crippen molar-refractivity contribution in [1.82, 2.24) is 15.1 Å². The maximum atomic E-state index is 12.2. The molecule has 0 aromatic carbocycles. The number of hydrogen-bond acceptors (Lipinski definition) is 9. The lowest BCUT2D eigenvalue weighted by Crippen LogP contribution is -2.43. The lowest BCUT2D eigenvalue weighted by Gasteiger charge is -2.16. The van der Waals surface area contributed by atoms with Gasteiger partial charge in [-0.3, -0.25) is 14.3 Å². The van der Waals surface area contributed by atoms with E-state index in [0.717, 1.165) is 0 Å². The summed E-state index contributed by atoms with van der Waals surface area (Å²) >= 11 is 1.54. The van der Waals surface area contributed by atoms with E-state index in [2.05, 4.69) is 25.2 Å². The SMILES string of the molecule is COC(=O)CC(CC(=O)OC)n1cc(NC(=O)NC(CCSC)C(=O)OC)cn1. The number of nitrogens with zero attached hydrogens (tertiary/aromatic N) is 2. The molecule has 0 radical (unpaired) electrons. The molecule has 29 heavy (non-hydrogen) atoms. The van der Waals surface area contributed by atoms with Crippen molar-refractivity contribution in [3.63, 3.8) is 0 Å². The normalized spacial score (nSPS) is 11.5. The first kappa shape index (κ1) is 24.3. The lowest BCUT2D eigenvalue weighted by atomic mass is 10.1. The van der Waals surface area contributed by atoms with E-state index in [1.165, 1.54) is 38.4 Å². The summed E-state index contributed by atoms with van der Waals surface area (Å²) in [6, 6.07) is -2.04. The van der Waals surface area contributed by atoms with E-state index in [1.54, 1.807) is 11.8 Å². The van der Waals surface area contributed by atoms with Crippen molar-refractivity contribution in [3.05, 3.63) is 12.4 Å². The Balaban J connectivity index is 2.80. The van der Waals surface area contributed by atoms with Crippen molar-refractivity contribution < 1.29 is 33.4 Å². The third kappa shape index (κ3) is 8.42. The minimum Gasteiger partial charge on any atom is -0.469 e. The second kappa shape index (κ2) is 12.6. The Labute approximate surface area is 172 Å². The highest BCUT2D eigenvalue weighted by Gasteiger charge is 2.23. The van der Waals surface area contributed by atoms with E-state index in [0.29, 0.717) is 17.9 Å². The van der Waals surface area contributed by atoms with Crippen molar-refractivity contribution in [2.24, 2.45) is 0 Å². The second-order valence-electron chi connectivity index (χ2n) is 5.88. The predicted molar refractivity (Wildman–Crippen MR) is 105 cm³/mol. The van der Waals surface area contributed by atoms with Crippen molar-refractivity contribution in [3.8, 4) is 0 Å². The first-order valence-electron chi connectivity index (χ1n) is 8.66. The molecule has 0 aliphatic rings. The van der Waals surface area contributed by atoms with Gasteiger partial charge in [-0.1, -0.05) is 0 Å². The van der Waals surface area contributed by atoms with Gasteiger partial charge in [0.15, 0.2) is 0 Å². The van der Waals surface area contributed by atoms with Gasteiger partial charge in [-0.15, -0.1) is 0 Å². The van der Waals surface area contributed by atoms with Gasteiger partial charge in [0.25, 0.3) is 0 Å². The molecule has 0 aliphatic carbocycles.